The molecule has 164 valence electrons. The maximum absolute atomic E-state index is 2.36. The number of hydrogen-bond donors (Lipinski definition) is 0. The lowest BCUT2D eigenvalue weighted by molar-refractivity contribution is 1.17. The Bertz CT molecular complexity index is 1500. The quantitative estimate of drug-likeness (QED) is 0.171. The Labute approximate surface area is 226 Å². The molecule has 4 heteroatoms. The standard InChI is InChI=1S/C30H20I2N2/c31-21-9-13-23(14-10-21)33(24-15-11-22(32)12-16-24)25-17-19-26(20-18-25)34-29-7-3-1-5-27(29)28-6-2-4-8-30(28)34/h1-20H. The van der Waals surface area contributed by atoms with Crippen molar-refractivity contribution in [3.63, 3.8) is 0 Å². The highest BCUT2D eigenvalue weighted by Crippen LogP contribution is 2.37. The van der Waals surface area contributed by atoms with E-state index in [4.69, 9.17) is 0 Å². The molecule has 0 fully saturated rings. The van der Waals surface area contributed by atoms with Crippen LogP contribution in [0, 0.1) is 7.14 Å². The van der Waals surface area contributed by atoms with Gasteiger partial charge in [-0.25, -0.2) is 0 Å². The highest BCUT2D eigenvalue weighted by molar-refractivity contribution is 14.1. The number of aromatic nitrogens is 1. The van der Waals surface area contributed by atoms with Gasteiger partial charge in [0.15, 0.2) is 0 Å². The molecule has 2 nitrogen and oxygen atoms in total. The lowest BCUT2D eigenvalue weighted by Crippen LogP contribution is -2.10. The van der Waals surface area contributed by atoms with E-state index in [1.807, 2.05) is 0 Å². The minimum absolute atomic E-state index is 1.13. The molecule has 1 heterocycles. The highest BCUT2D eigenvalue weighted by Gasteiger charge is 2.15. The lowest BCUT2D eigenvalue weighted by Gasteiger charge is -2.26. The summed E-state index contributed by atoms with van der Waals surface area (Å²) in [4.78, 5) is 2.31. The smallest absolute Gasteiger partial charge is 0.0541 e. The van der Waals surface area contributed by atoms with E-state index in [-0.39, 0.29) is 0 Å². The zero-order valence-electron chi connectivity index (χ0n) is 18.2. The molecule has 0 bridgehead atoms. The van der Waals surface area contributed by atoms with Crippen LogP contribution in [-0.4, -0.2) is 4.57 Å². The Morgan fingerprint density at radius 2 is 0.824 bits per heavy atom. The van der Waals surface area contributed by atoms with Crippen LogP contribution in [0.1, 0.15) is 0 Å². The summed E-state index contributed by atoms with van der Waals surface area (Å²) in [6.45, 7) is 0. The van der Waals surface area contributed by atoms with E-state index in [9.17, 15) is 0 Å². The highest BCUT2D eigenvalue weighted by atomic mass is 127. The number of nitrogens with zero attached hydrogens (tertiary/aromatic N) is 2. The fourth-order valence-corrected chi connectivity index (χ4v) is 5.30. The second-order valence-electron chi connectivity index (χ2n) is 8.17. The number of rotatable bonds is 4. The average molecular weight is 662 g/mol. The molecule has 0 N–H and O–H groups in total. The maximum atomic E-state index is 2.36. The van der Waals surface area contributed by atoms with Gasteiger partial charge in [0.1, 0.15) is 0 Å². The summed E-state index contributed by atoms with van der Waals surface area (Å²) in [5, 5.41) is 2.56. The molecule has 34 heavy (non-hydrogen) atoms. The van der Waals surface area contributed by atoms with Crippen molar-refractivity contribution in [1.29, 1.82) is 0 Å². The second kappa shape index (κ2) is 9.07. The van der Waals surface area contributed by atoms with E-state index in [1.54, 1.807) is 0 Å². The van der Waals surface area contributed by atoms with Crippen LogP contribution in [0.2, 0.25) is 0 Å². The molecule has 0 saturated heterocycles. The van der Waals surface area contributed by atoms with Crippen molar-refractivity contribution in [3.8, 4) is 5.69 Å². The molecule has 0 saturated carbocycles. The fraction of sp³-hybridized carbons (Fsp3) is 0. The summed E-state index contributed by atoms with van der Waals surface area (Å²) in [6.07, 6.45) is 0. The molecule has 1 aromatic heterocycles. The molecule has 0 aliphatic carbocycles. The van der Waals surface area contributed by atoms with Gasteiger partial charge in [0.25, 0.3) is 0 Å². The molecule has 0 aliphatic heterocycles. The molecule has 6 aromatic rings. The molecular formula is C30H20I2N2. The molecule has 0 aliphatic rings. The van der Waals surface area contributed by atoms with E-state index >= 15 is 0 Å². The number of hydrogen-bond acceptors (Lipinski definition) is 1. The van der Waals surface area contributed by atoms with Gasteiger partial charge in [0, 0.05) is 40.7 Å². The Hall–Kier alpha value is -2.84. The van der Waals surface area contributed by atoms with E-state index in [0.717, 1.165) is 22.7 Å². The topological polar surface area (TPSA) is 8.17 Å². The number of para-hydroxylation sites is 2. The van der Waals surface area contributed by atoms with Crippen LogP contribution in [0.3, 0.4) is 0 Å². The third kappa shape index (κ3) is 3.88. The van der Waals surface area contributed by atoms with Gasteiger partial charge >= 0.3 is 0 Å². The van der Waals surface area contributed by atoms with Crippen LogP contribution >= 0.6 is 45.2 Å². The fourth-order valence-electron chi connectivity index (χ4n) is 4.58. The summed E-state index contributed by atoms with van der Waals surface area (Å²) in [5.41, 5.74) is 7.03. The summed E-state index contributed by atoms with van der Waals surface area (Å²) >= 11 is 4.71. The first-order valence-electron chi connectivity index (χ1n) is 11.1. The Morgan fingerprint density at radius 3 is 1.26 bits per heavy atom. The van der Waals surface area contributed by atoms with Crippen molar-refractivity contribution in [2.24, 2.45) is 0 Å². The van der Waals surface area contributed by atoms with Crippen molar-refractivity contribution >= 4 is 84.0 Å². The summed E-state index contributed by atoms with van der Waals surface area (Å²) in [7, 11) is 0. The second-order valence-corrected chi connectivity index (χ2v) is 10.7. The number of halogens is 2. The predicted molar refractivity (Wildman–Crippen MR) is 161 cm³/mol. The molecule has 0 amide bonds. The minimum Gasteiger partial charge on any atom is -0.311 e. The van der Waals surface area contributed by atoms with Crippen molar-refractivity contribution in [3.05, 3.63) is 128 Å². The maximum Gasteiger partial charge on any atom is 0.0541 e. The zero-order valence-corrected chi connectivity index (χ0v) is 22.5. The summed E-state index contributed by atoms with van der Waals surface area (Å²) < 4.78 is 4.81. The third-order valence-electron chi connectivity index (χ3n) is 6.12. The molecular weight excluding hydrogens is 642 g/mol. The third-order valence-corrected chi connectivity index (χ3v) is 7.55. The Kier molecular flexibility index (Phi) is 5.79. The number of fused-ring (bicyclic) bond motifs is 3. The van der Waals surface area contributed by atoms with Crippen molar-refractivity contribution in [2.75, 3.05) is 4.90 Å². The largest absolute Gasteiger partial charge is 0.311 e. The normalized spacial score (nSPS) is 11.2. The zero-order chi connectivity index (χ0) is 23.1. The van der Waals surface area contributed by atoms with Crippen LogP contribution in [-0.2, 0) is 0 Å². The van der Waals surface area contributed by atoms with Crippen molar-refractivity contribution in [1.82, 2.24) is 4.57 Å². The summed E-state index contributed by atoms with van der Waals surface area (Å²) in [6, 6.07) is 43.5. The van der Waals surface area contributed by atoms with E-state index < -0.39 is 0 Å². The SMILES string of the molecule is Ic1ccc(N(c2ccc(I)cc2)c2ccc(-n3c4ccccc4c4ccccc43)cc2)cc1. The van der Waals surface area contributed by atoms with Gasteiger partial charge in [-0.05, 0) is 130 Å². The van der Waals surface area contributed by atoms with E-state index in [2.05, 4.69) is 176 Å². The van der Waals surface area contributed by atoms with Crippen LogP contribution < -0.4 is 4.90 Å². The Morgan fingerprint density at radius 1 is 0.441 bits per heavy atom. The number of anilines is 3. The van der Waals surface area contributed by atoms with Crippen LogP contribution in [0.15, 0.2) is 121 Å². The average Bonchev–Trinajstić information content (AvgIpc) is 3.21. The first-order chi connectivity index (χ1) is 16.7. The van der Waals surface area contributed by atoms with E-state index in [0.29, 0.717) is 0 Å². The Balaban J connectivity index is 1.49. The molecule has 0 unspecified atom stereocenters. The lowest BCUT2D eigenvalue weighted by atomic mass is 10.2. The molecule has 0 spiro atoms. The summed E-state index contributed by atoms with van der Waals surface area (Å²) in [5.74, 6) is 0. The van der Waals surface area contributed by atoms with Gasteiger partial charge in [0.2, 0.25) is 0 Å². The van der Waals surface area contributed by atoms with Crippen LogP contribution in [0.25, 0.3) is 27.5 Å². The molecule has 5 aromatic carbocycles. The van der Waals surface area contributed by atoms with Gasteiger partial charge in [-0.3, -0.25) is 0 Å². The van der Waals surface area contributed by atoms with Gasteiger partial charge < -0.3 is 9.47 Å². The predicted octanol–water partition coefficient (Wildman–Crippen LogP) is 9.46. The first kappa shape index (κ1) is 21.7. The molecule has 0 atom stereocenters. The van der Waals surface area contributed by atoms with Gasteiger partial charge in [-0.2, -0.15) is 0 Å². The first-order valence-corrected chi connectivity index (χ1v) is 13.2. The van der Waals surface area contributed by atoms with Crippen molar-refractivity contribution < 1.29 is 0 Å². The molecule has 6 rings (SSSR count). The minimum atomic E-state index is 1.13. The van der Waals surface area contributed by atoms with Gasteiger partial charge in [-0.15, -0.1) is 0 Å². The molecule has 0 radical (unpaired) electrons. The van der Waals surface area contributed by atoms with Crippen LogP contribution in [0.5, 0.6) is 0 Å². The van der Waals surface area contributed by atoms with E-state index in [1.165, 1.54) is 28.9 Å². The van der Waals surface area contributed by atoms with Crippen LogP contribution in [0.4, 0.5) is 17.1 Å². The van der Waals surface area contributed by atoms with Gasteiger partial charge in [0.05, 0.1) is 11.0 Å². The number of benzene rings is 5. The monoisotopic (exact) mass is 662 g/mol. The van der Waals surface area contributed by atoms with Crippen molar-refractivity contribution in [2.45, 2.75) is 0 Å². The van der Waals surface area contributed by atoms with Gasteiger partial charge in [-0.1, -0.05) is 36.4 Å².